The van der Waals surface area contributed by atoms with Crippen LogP contribution in [0.1, 0.15) is 20.3 Å². The van der Waals surface area contributed by atoms with E-state index in [0.717, 1.165) is 0 Å². The number of hydrogen-bond acceptors (Lipinski definition) is 5. The average molecular weight is 272 g/mol. The van der Waals surface area contributed by atoms with E-state index in [1.165, 1.54) is 12.3 Å². The van der Waals surface area contributed by atoms with E-state index in [2.05, 4.69) is 4.98 Å². The zero-order chi connectivity index (χ0) is 13.5. The molecule has 0 aliphatic carbocycles. The molecule has 0 saturated carbocycles. The molecular formula is C11H14ClN3O3. The molecule has 1 aromatic heterocycles. The van der Waals surface area contributed by atoms with Gasteiger partial charge in [0, 0.05) is 24.3 Å². The molecule has 0 amide bonds. The molecule has 1 N–H and O–H groups in total. The Hall–Kier alpha value is -1.40. The van der Waals surface area contributed by atoms with Gasteiger partial charge in [0.25, 0.3) is 0 Å². The second kappa shape index (κ2) is 4.37. The number of nitrogens with zero attached hydrogens (tertiary/aromatic N) is 3. The van der Waals surface area contributed by atoms with Crippen molar-refractivity contribution in [2.45, 2.75) is 31.9 Å². The van der Waals surface area contributed by atoms with Crippen LogP contribution >= 0.6 is 11.6 Å². The minimum absolute atomic E-state index is 0.135. The number of β-amino-alcohol motifs (C(OH)–C–C–N with tert-alkyl or cyclic N) is 1. The fourth-order valence-corrected chi connectivity index (χ4v) is 2.50. The van der Waals surface area contributed by atoms with Crippen molar-refractivity contribution in [1.29, 1.82) is 0 Å². The molecular weight excluding hydrogens is 258 g/mol. The molecule has 1 aliphatic rings. The summed E-state index contributed by atoms with van der Waals surface area (Å²) in [6.45, 7) is 4.18. The molecule has 1 atom stereocenters. The van der Waals surface area contributed by atoms with E-state index in [9.17, 15) is 15.2 Å². The highest BCUT2D eigenvalue weighted by molar-refractivity contribution is 6.30. The Bertz CT molecular complexity index is 492. The van der Waals surface area contributed by atoms with Crippen LogP contribution < -0.4 is 4.90 Å². The van der Waals surface area contributed by atoms with Crippen LogP contribution in [-0.4, -0.2) is 33.2 Å². The highest BCUT2D eigenvalue weighted by Gasteiger charge is 2.41. The molecule has 0 bridgehead atoms. The van der Waals surface area contributed by atoms with E-state index in [1.54, 1.807) is 4.90 Å². The van der Waals surface area contributed by atoms with Gasteiger partial charge in [-0.05, 0) is 20.3 Å². The third-order valence-corrected chi connectivity index (χ3v) is 3.33. The Morgan fingerprint density at radius 2 is 2.33 bits per heavy atom. The molecule has 0 radical (unpaired) electrons. The average Bonchev–Trinajstić information content (AvgIpc) is 2.51. The summed E-state index contributed by atoms with van der Waals surface area (Å²) in [5.41, 5.74) is -0.505. The van der Waals surface area contributed by atoms with E-state index >= 15 is 0 Å². The van der Waals surface area contributed by atoms with Gasteiger partial charge in [-0.1, -0.05) is 11.6 Å². The summed E-state index contributed by atoms with van der Waals surface area (Å²) in [5, 5.41) is 21.0. The van der Waals surface area contributed by atoms with Gasteiger partial charge in [0.05, 0.1) is 16.0 Å². The van der Waals surface area contributed by atoms with Crippen LogP contribution in [0.5, 0.6) is 0 Å². The van der Waals surface area contributed by atoms with Crippen molar-refractivity contribution in [3.05, 3.63) is 27.4 Å². The number of nitro groups is 1. The largest absolute Gasteiger partial charge is 0.391 e. The Morgan fingerprint density at radius 3 is 2.83 bits per heavy atom. The normalized spacial score (nSPS) is 22.2. The smallest absolute Gasteiger partial charge is 0.313 e. The molecule has 0 spiro atoms. The van der Waals surface area contributed by atoms with Crippen molar-refractivity contribution in [2.75, 3.05) is 11.4 Å². The van der Waals surface area contributed by atoms with Gasteiger partial charge in [0.2, 0.25) is 5.82 Å². The highest BCUT2D eigenvalue weighted by Crippen LogP contribution is 2.38. The van der Waals surface area contributed by atoms with Crippen molar-refractivity contribution in [3.8, 4) is 0 Å². The van der Waals surface area contributed by atoms with E-state index in [1.807, 2.05) is 13.8 Å². The fourth-order valence-electron chi connectivity index (χ4n) is 2.35. The van der Waals surface area contributed by atoms with E-state index in [0.29, 0.717) is 13.0 Å². The van der Waals surface area contributed by atoms with Crippen LogP contribution in [0, 0.1) is 10.1 Å². The molecule has 1 aromatic rings. The van der Waals surface area contributed by atoms with E-state index in [-0.39, 0.29) is 22.1 Å². The molecule has 2 rings (SSSR count). The summed E-state index contributed by atoms with van der Waals surface area (Å²) >= 11 is 5.73. The number of pyridine rings is 1. The SMILES string of the molecule is CC1(C)CC(O)CN1c1ncc(Cl)cc1[N+](=O)[O-]. The maximum Gasteiger partial charge on any atom is 0.313 e. The lowest BCUT2D eigenvalue weighted by Gasteiger charge is -2.31. The van der Waals surface area contributed by atoms with Crippen LogP contribution in [0.3, 0.4) is 0 Å². The first kappa shape index (κ1) is 13.0. The predicted octanol–water partition coefficient (Wildman–Crippen LogP) is 1.99. The summed E-state index contributed by atoms with van der Waals surface area (Å²) in [4.78, 5) is 16.3. The third-order valence-electron chi connectivity index (χ3n) is 3.13. The third kappa shape index (κ3) is 2.26. The zero-order valence-corrected chi connectivity index (χ0v) is 10.9. The monoisotopic (exact) mass is 271 g/mol. The number of anilines is 1. The molecule has 1 fully saturated rings. The molecule has 1 unspecified atom stereocenters. The Morgan fingerprint density at radius 1 is 1.67 bits per heavy atom. The number of hydrogen-bond donors (Lipinski definition) is 1. The lowest BCUT2D eigenvalue weighted by Crippen LogP contribution is -2.39. The lowest BCUT2D eigenvalue weighted by molar-refractivity contribution is -0.384. The van der Waals surface area contributed by atoms with Gasteiger partial charge >= 0.3 is 5.69 Å². The maximum atomic E-state index is 11.0. The molecule has 98 valence electrons. The summed E-state index contributed by atoms with van der Waals surface area (Å²) in [6.07, 6.45) is 1.43. The molecule has 2 heterocycles. The zero-order valence-electron chi connectivity index (χ0n) is 10.1. The van der Waals surface area contributed by atoms with Crippen LogP contribution in [-0.2, 0) is 0 Å². The minimum atomic E-state index is -0.505. The van der Waals surface area contributed by atoms with Gasteiger partial charge in [-0.3, -0.25) is 10.1 Å². The molecule has 18 heavy (non-hydrogen) atoms. The first-order valence-corrected chi connectivity index (χ1v) is 5.95. The molecule has 0 aromatic carbocycles. The molecule has 1 aliphatic heterocycles. The van der Waals surface area contributed by atoms with Gasteiger partial charge in [-0.2, -0.15) is 0 Å². The molecule has 1 saturated heterocycles. The second-order valence-corrected chi connectivity index (χ2v) is 5.47. The fraction of sp³-hybridized carbons (Fsp3) is 0.545. The number of aliphatic hydroxyl groups excluding tert-OH is 1. The maximum absolute atomic E-state index is 11.0. The number of rotatable bonds is 2. The Kier molecular flexibility index (Phi) is 3.16. The van der Waals surface area contributed by atoms with Crippen LogP contribution in [0.4, 0.5) is 11.5 Å². The standard InChI is InChI=1S/C11H14ClN3O3/c1-11(2)4-8(16)6-14(11)10-9(15(17)18)3-7(12)5-13-10/h3,5,8,16H,4,6H2,1-2H3. The molecule has 7 heteroatoms. The number of halogens is 1. The number of aliphatic hydroxyl groups is 1. The van der Waals surface area contributed by atoms with Gasteiger partial charge in [-0.25, -0.2) is 4.98 Å². The van der Waals surface area contributed by atoms with Crippen molar-refractivity contribution < 1.29 is 10.0 Å². The van der Waals surface area contributed by atoms with Crippen molar-refractivity contribution in [2.24, 2.45) is 0 Å². The van der Waals surface area contributed by atoms with Crippen LogP contribution in [0.25, 0.3) is 0 Å². The topological polar surface area (TPSA) is 79.5 Å². The molecule has 6 nitrogen and oxygen atoms in total. The minimum Gasteiger partial charge on any atom is -0.391 e. The summed E-state index contributed by atoms with van der Waals surface area (Å²) in [5.74, 6) is 0.256. The quantitative estimate of drug-likeness (QED) is 0.657. The van der Waals surface area contributed by atoms with Gasteiger partial charge in [-0.15, -0.1) is 0 Å². The van der Waals surface area contributed by atoms with Gasteiger partial charge in [0.15, 0.2) is 0 Å². The first-order chi connectivity index (χ1) is 8.31. The Labute approximate surface area is 109 Å². The van der Waals surface area contributed by atoms with Crippen molar-refractivity contribution in [1.82, 2.24) is 4.98 Å². The van der Waals surface area contributed by atoms with E-state index in [4.69, 9.17) is 11.6 Å². The number of aromatic nitrogens is 1. The van der Waals surface area contributed by atoms with Gasteiger partial charge in [0.1, 0.15) is 0 Å². The summed E-state index contributed by atoms with van der Waals surface area (Å²) < 4.78 is 0. The second-order valence-electron chi connectivity index (χ2n) is 5.03. The van der Waals surface area contributed by atoms with Gasteiger partial charge < -0.3 is 10.0 Å². The van der Waals surface area contributed by atoms with E-state index < -0.39 is 11.0 Å². The summed E-state index contributed by atoms with van der Waals surface area (Å²) in [6, 6.07) is 1.28. The lowest BCUT2D eigenvalue weighted by atomic mass is 10.0. The van der Waals surface area contributed by atoms with Crippen LogP contribution in [0.15, 0.2) is 12.3 Å². The van der Waals surface area contributed by atoms with Crippen molar-refractivity contribution >= 4 is 23.1 Å². The van der Waals surface area contributed by atoms with Crippen molar-refractivity contribution in [3.63, 3.8) is 0 Å². The Balaban J connectivity index is 2.48. The predicted molar refractivity (Wildman–Crippen MR) is 68.0 cm³/mol. The highest BCUT2D eigenvalue weighted by atomic mass is 35.5. The summed E-state index contributed by atoms with van der Waals surface area (Å²) in [7, 11) is 0. The first-order valence-electron chi connectivity index (χ1n) is 5.57. The van der Waals surface area contributed by atoms with Crippen LogP contribution in [0.2, 0.25) is 5.02 Å².